The molecule has 4 aromatic rings. The maximum Gasteiger partial charge on any atom is 0.224 e. The Balaban J connectivity index is 0.000000556. The molecule has 188 valence electrons. The van der Waals surface area contributed by atoms with Gasteiger partial charge in [0.15, 0.2) is 11.6 Å². The van der Waals surface area contributed by atoms with Gasteiger partial charge in [-0.05, 0) is 55.5 Å². The van der Waals surface area contributed by atoms with Crippen molar-refractivity contribution < 1.29 is 18.7 Å². The maximum atomic E-state index is 14.7. The van der Waals surface area contributed by atoms with Gasteiger partial charge >= 0.3 is 0 Å². The van der Waals surface area contributed by atoms with Crippen LogP contribution in [0.1, 0.15) is 24.8 Å². The Kier molecular flexibility index (Phi) is 8.58. The first kappa shape index (κ1) is 25.7. The zero-order chi connectivity index (χ0) is 25.5. The molecule has 7 nitrogen and oxygen atoms in total. The van der Waals surface area contributed by atoms with Gasteiger partial charge < -0.3 is 20.5 Å². The molecule has 1 aromatic carbocycles. The van der Waals surface area contributed by atoms with Crippen LogP contribution in [0.3, 0.4) is 0 Å². The average molecular weight is 509 g/mol. The lowest BCUT2D eigenvalue weighted by molar-refractivity contribution is -0.116. The summed E-state index contributed by atoms with van der Waals surface area (Å²) in [5, 5.41) is 2.75. The number of hydrogen-bond donors (Lipinski definition) is 2. The number of carbonyl (C=O) groups excluding carboxylic acids is 1. The highest BCUT2D eigenvalue weighted by atomic mass is 32.1. The van der Waals surface area contributed by atoms with Crippen molar-refractivity contribution in [3.8, 4) is 22.1 Å². The minimum absolute atomic E-state index is 0.0813. The fraction of sp³-hybridized carbons (Fsp3) is 0.296. The number of thiophene rings is 1. The largest absolute Gasteiger partial charge is 0.453 e. The lowest BCUT2D eigenvalue weighted by atomic mass is 10.2. The van der Waals surface area contributed by atoms with Crippen LogP contribution in [-0.4, -0.2) is 36.1 Å². The van der Waals surface area contributed by atoms with Crippen LogP contribution >= 0.6 is 11.3 Å². The van der Waals surface area contributed by atoms with Crippen molar-refractivity contribution in [2.75, 3.05) is 25.6 Å². The quantitative estimate of drug-likeness (QED) is 0.306. The molecule has 1 saturated carbocycles. The van der Waals surface area contributed by atoms with Gasteiger partial charge in [-0.25, -0.2) is 4.39 Å². The number of ether oxygens (including phenoxy) is 2. The number of amides is 1. The number of benzene rings is 1. The normalized spacial score (nSPS) is 12.7. The summed E-state index contributed by atoms with van der Waals surface area (Å²) in [6.45, 7) is 3.28. The standard InChI is InChI=1S/C24H20FN3O2S.C3H9NO/c1-14-2-6-18(27-13-14)22-12-19-24(31-22)21(8-9-26-19)30-20-7-5-16(11-17(20)25)28-23(29)10-15-3-4-15;1-5-3-2-4/h2,5-9,11-13,15H,3-4,10H2,1H3,(H,28,29);2-4H2,1H3. The number of nitrogens with zero attached hydrogens (tertiary/aromatic N) is 2. The molecule has 1 aliphatic carbocycles. The van der Waals surface area contributed by atoms with Gasteiger partial charge in [-0.3, -0.25) is 14.8 Å². The Hall–Kier alpha value is -3.40. The summed E-state index contributed by atoms with van der Waals surface area (Å²) in [6, 6.07) is 12.1. The molecule has 0 aliphatic heterocycles. The monoisotopic (exact) mass is 508 g/mol. The number of aryl methyl sites for hydroxylation is 1. The third-order valence-electron chi connectivity index (χ3n) is 5.47. The van der Waals surface area contributed by atoms with E-state index in [9.17, 15) is 9.18 Å². The molecule has 3 N–H and O–H groups in total. The first-order chi connectivity index (χ1) is 17.5. The summed E-state index contributed by atoms with van der Waals surface area (Å²) in [4.78, 5) is 21.8. The third-order valence-corrected chi connectivity index (χ3v) is 6.63. The average Bonchev–Trinajstić information content (AvgIpc) is 3.56. The molecule has 5 rings (SSSR count). The predicted octanol–water partition coefficient (Wildman–Crippen LogP) is 5.93. The van der Waals surface area contributed by atoms with E-state index in [-0.39, 0.29) is 11.7 Å². The minimum Gasteiger partial charge on any atom is -0.453 e. The van der Waals surface area contributed by atoms with Gasteiger partial charge in [-0.2, -0.15) is 0 Å². The van der Waals surface area contributed by atoms with E-state index in [2.05, 4.69) is 20.0 Å². The second-order valence-electron chi connectivity index (χ2n) is 8.58. The summed E-state index contributed by atoms with van der Waals surface area (Å²) in [6.07, 6.45) is 6.15. The highest BCUT2D eigenvalue weighted by Gasteiger charge is 2.24. The van der Waals surface area contributed by atoms with Crippen LogP contribution in [0.15, 0.2) is 54.9 Å². The van der Waals surface area contributed by atoms with E-state index in [1.165, 1.54) is 23.5 Å². The van der Waals surface area contributed by atoms with E-state index >= 15 is 0 Å². The van der Waals surface area contributed by atoms with Gasteiger partial charge in [-0.15, -0.1) is 11.3 Å². The molecule has 0 saturated heterocycles. The van der Waals surface area contributed by atoms with Crippen LogP contribution in [0.25, 0.3) is 20.8 Å². The van der Waals surface area contributed by atoms with Crippen molar-refractivity contribution in [3.63, 3.8) is 0 Å². The Labute approximate surface area is 213 Å². The van der Waals surface area contributed by atoms with Crippen LogP contribution in [0.2, 0.25) is 0 Å². The number of nitrogens with one attached hydrogen (secondary N) is 1. The van der Waals surface area contributed by atoms with Crippen LogP contribution in [0.4, 0.5) is 10.1 Å². The zero-order valence-corrected chi connectivity index (χ0v) is 21.1. The summed E-state index contributed by atoms with van der Waals surface area (Å²) >= 11 is 1.50. The number of rotatable bonds is 8. The number of aromatic nitrogens is 2. The van der Waals surface area contributed by atoms with Crippen LogP contribution in [-0.2, 0) is 9.53 Å². The second-order valence-corrected chi connectivity index (χ2v) is 9.63. The molecule has 0 radical (unpaired) electrons. The highest BCUT2D eigenvalue weighted by Crippen LogP contribution is 2.39. The number of pyridine rings is 2. The van der Waals surface area contributed by atoms with Crippen molar-refractivity contribution in [1.29, 1.82) is 0 Å². The fourth-order valence-electron chi connectivity index (χ4n) is 3.43. The van der Waals surface area contributed by atoms with E-state index < -0.39 is 5.82 Å². The number of nitrogens with two attached hydrogens (primary N) is 1. The first-order valence-corrected chi connectivity index (χ1v) is 12.6. The smallest absolute Gasteiger partial charge is 0.224 e. The predicted molar refractivity (Wildman–Crippen MR) is 141 cm³/mol. The number of carbonyl (C=O) groups is 1. The van der Waals surface area contributed by atoms with Crippen molar-refractivity contribution >= 4 is 33.1 Å². The molecule has 0 atom stereocenters. The van der Waals surface area contributed by atoms with E-state index in [1.54, 1.807) is 25.4 Å². The van der Waals surface area contributed by atoms with Gasteiger partial charge in [-0.1, -0.05) is 6.07 Å². The Morgan fingerprint density at radius 1 is 1.17 bits per heavy atom. The van der Waals surface area contributed by atoms with Crippen molar-refractivity contribution in [3.05, 3.63) is 66.2 Å². The Morgan fingerprint density at radius 2 is 2.00 bits per heavy atom. The third kappa shape index (κ3) is 6.84. The van der Waals surface area contributed by atoms with E-state index in [1.807, 2.05) is 31.3 Å². The highest BCUT2D eigenvalue weighted by molar-refractivity contribution is 7.22. The molecule has 0 spiro atoms. The number of halogens is 1. The Bertz CT molecular complexity index is 1320. The molecule has 9 heteroatoms. The van der Waals surface area contributed by atoms with E-state index in [0.717, 1.165) is 39.2 Å². The van der Waals surface area contributed by atoms with Crippen molar-refractivity contribution in [2.45, 2.75) is 26.2 Å². The fourth-order valence-corrected chi connectivity index (χ4v) is 4.47. The summed E-state index contributed by atoms with van der Waals surface area (Å²) in [7, 11) is 1.63. The van der Waals surface area contributed by atoms with Gasteiger partial charge in [0.05, 0.1) is 27.4 Å². The second kappa shape index (κ2) is 12.0. The summed E-state index contributed by atoms with van der Waals surface area (Å²) in [5.74, 6) is 0.481. The van der Waals surface area contributed by atoms with Crippen molar-refractivity contribution in [2.24, 2.45) is 11.7 Å². The van der Waals surface area contributed by atoms with Gasteiger partial charge in [0.2, 0.25) is 5.91 Å². The van der Waals surface area contributed by atoms with Gasteiger partial charge in [0, 0.05) is 50.3 Å². The van der Waals surface area contributed by atoms with E-state index in [4.69, 9.17) is 10.5 Å². The van der Waals surface area contributed by atoms with E-state index in [0.29, 0.717) is 36.9 Å². The summed E-state index contributed by atoms with van der Waals surface area (Å²) < 4.78 is 25.9. The Morgan fingerprint density at radius 3 is 2.64 bits per heavy atom. The minimum atomic E-state index is -0.536. The van der Waals surface area contributed by atoms with Gasteiger partial charge in [0.1, 0.15) is 5.75 Å². The molecule has 1 fully saturated rings. The van der Waals surface area contributed by atoms with Crippen LogP contribution in [0.5, 0.6) is 11.5 Å². The maximum absolute atomic E-state index is 14.7. The van der Waals surface area contributed by atoms with Crippen molar-refractivity contribution in [1.82, 2.24) is 9.97 Å². The number of anilines is 1. The topological polar surface area (TPSA) is 99.4 Å². The molecule has 36 heavy (non-hydrogen) atoms. The molecule has 0 unspecified atom stereocenters. The van der Waals surface area contributed by atoms with Gasteiger partial charge in [0.25, 0.3) is 0 Å². The SMILES string of the molecule is COCCN.Cc1ccc(-c2cc3nccc(Oc4ccc(NC(=O)CC5CC5)cc4F)c3s2)nc1. The lowest BCUT2D eigenvalue weighted by Crippen LogP contribution is -2.12. The lowest BCUT2D eigenvalue weighted by Gasteiger charge is -2.10. The molecule has 1 amide bonds. The zero-order valence-electron chi connectivity index (χ0n) is 20.3. The first-order valence-electron chi connectivity index (χ1n) is 11.7. The number of methoxy groups -OCH3 is 1. The van der Waals surface area contributed by atoms with Crippen LogP contribution < -0.4 is 15.8 Å². The number of hydrogen-bond acceptors (Lipinski definition) is 7. The molecular formula is C27H29FN4O3S. The molecule has 0 bridgehead atoms. The van der Waals surface area contributed by atoms with Crippen LogP contribution in [0, 0.1) is 18.7 Å². The molecule has 1 aliphatic rings. The molecule has 3 aromatic heterocycles. The number of fused-ring (bicyclic) bond motifs is 1. The summed E-state index contributed by atoms with van der Waals surface area (Å²) in [5.41, 5.74) is 8.16. The molecular weight excluding hydrogens is 479 g/mol. The molecule has 3 heterocycles.